The minimum Gasteiger partial charge on any atom is -0.356 e. The monoisotopic (exact) mass is 476 g/mol. The molecule has 26 heavy (non-hydrogen) atoms. The van der Waals surface area contributed by atoms with Crippen LogP contribution in [-0.4, -0.2) is 33.3 Å². The number of rotatable bonds is 7. The number of hydrogen-bond acceptors (Lipinski definition) is 6. The van der Waals surface area contributed by atoms with E-state index in [0.29, 0.717) is 5.65 Å². The summed E-state index contributed by atoms with van der Waals surface area (Å²) < 4.78 is 1.04. The maximum absolute atomic E-state index is 5.49. The van der Waals surface area contributed by atoms with Crippen LogP contribution < -0.4 is 10.6 Å². The zero-order valence-corrected chi connectivity index (χ0v) is 18.0. The molecule has 0 saturated carbocycles. The van der Waals surface area contributed by atoms with Crippen LogP contribution in [0.3, 0.4) is 0 Å². The van der Waals surface area contributed by atoms with Crippen LogP contribution in [0.2, 0.25) is 0 Å². The van der Waals surface area contributed by atoms with E-state index in [1.807, 2.05) is 6.07 Å². The number of aromatic amines is 1. The SMILES string of the molecule is C#Cc1sc(CNCCCNc2nc3nnccc3[nH]2)c(C)c1Br.Cl.Cl. The first-order valence-electron chi connectivity index (χ1n) is 7.55. The van der Waals surface area contributed by atoms with Crippen molar-refractivity contribution >= 4 is 69.2 Å². The van der Waals surface area contributed by atoms with Crippen LogP contribution in [0.5, 0.6) is 0 Å². The average molecular weight is 478 g/mol. The van der Waals surface area contributed by atoms with Gasteiger partial charge in [-0.1, -0.05) is 5.92 Å². The fourth-order valence-corrected chi connectivity index (χ4v) is 3.98. The van der Waals surface area contributed by atoms with Gasteiger partial charge >= 0.3 is 0 Å². The molecule has 140 valence electrons. The van der Waals surface area contributed by atoms with E-state index in [1.54, 1.807) is 17.5 Å². The molecule has 3 N–H and O–H groups in total. The number of terminal acetylenes is 1. The van der Waals surface area contributed by atoms with Crippen LogP contribution in [0.25, 0.3) is 11.2 Å². The Hall–Kier alpha value is -1.37. The van der Waals surface area contributed by atoms with Crippen LogP contribution in [0.1, 0.15) is 21.7 Å². The van der Waals surface area contributed by atoms with E-state index in [1.165, 1.54) is 10.4 Å². The zero-order chi connectivity index (χ0) is 16.9. The van der Waals surface area contributed by atoms with Gasteiger partial charge in [0.25, 0.3) is 0 Å². The molecule has 6 nitrogen and oxygen atoms in total. The molecule has 3 heterocycles. The Kier molecular flexibility index (Phi) is 9.33. The van der Waals surface area contributed by atoms with Crippen molar-refractivity contribution in [2.24, 2.45) is 0 Å². The predicted molar refractivity (Wildman–Crippen MR) is 116 cm³/mol. The lowest BCUT2D eigenvalue weighted by Gasteiger charge is -2.05. The first kappa shape index (κ1) is 22.7. The van der Waals surface area contributed by atoms with Gasteiger partial charge in [-0.05, 0) is 47.4 Å². The molecule has 0 aliphatic rings. The molecule has 3 aromatic heterocycles. The van der Waals surface area contributed by atoms with Gasteiger partial charge in [-0.3, -0.25) is 0 Å². The molecule has 0 radical (unpaired) electrons. The number of hydrogen-bond donors (Lipinski definition) is 3. The van der Waals surface area contributed by atoms with Crippen molar-refractivity contribution in [1.29, 1.82) is 0 Å². The van der Waals surface area contributed by atoms with Crippen molar-refractivity contribution in [3.05, 3.63) is 32.1 Å². The van der Waals surface area contributed by atoms with Crippen molar-refractivity contribution in [1.82, 2.24) is 25.5 Å². The van der Waals surface area contributed by atoms with E-state index in [-0.39, 0.29) is 24.8 Å². The molecule has 0 amide bonds. The third-order valence-corrected chi connectivity index (χ3v) is 6.06. The summed E-state index contributed by atoms with van der Waals surface area (Å²) in [5.41, 5.74) is 2.73. The number of imidazole rings is 1. The highest BCUT2D eigenvalue weighted by atomic mass is 79.9. The second-order valence-corrected chi connectivity index (χ2v) is 7.15. The third-order valence-electron chi connectivity index (χ3n) is 3.58. The summed E-state index contributed by atoms with van der Waals surface area (Å²) in [7, 11) is 0. The normalized spacial score (nSPS) is 10.0. The first-order chi connectivity index (χ1) is 11.7. The molecule has 0 unspecified atom stereocenters. The first-order valence-corrected chi connectivity index (χ1v) is 9.16. The van der Waals surface area contributed by atoms with Gasteiger partial charge in [0.2, 0.25) is 11.6 Å². The maximum atomic E-state index is 5.49. The molecule has 0 aliphatic heterocycles. The second-order valence-electron chi connectivity index (χ2n) is 5.25. The summed E-state index contributed by atoms with van der Waals surface area (Å²) in [4.78, 5) is 9.73. The summed E-state index contributed by atoms with van der Waals surface area (Å²) in [6.07, 6.45) is 8.12. The Morgan fingerprint density at radius 2 is 2.15 bits per heavy atom. The molecule has 0 aliphatic carbocycles. The number of thiophene rings is 1. The Morgan fingerprint density at radius 1 is 1.35 bits per heavy atom. The second kappa shape index (κ2) is 10.7. The van der Waals surface area contributed by atoms with Crippen LogP contribution in [0.4, 0.5) is 5.95 Å². The molecule has 3 rings (SSSR count). The Bertz CT molecular complexity index is 856. The minimum absolute atomic E-state index is 0. The van der Waals surface area contributed by atoms with Crippen molar-refractivity contribution in [3.63, 3.8) is 0 Å². The lowest BCUT2D eigenvalue weighted by Crippen LogP contribution is -2.17. The van der Waals surface area contributed by atoms with Gasteiger partial charge in [-0.15, -0.1) is 47.7 Å². The molecule has 0 aromatic carbocycles. The van der Waals surface area contributed by atoms with Gasteiger partial charge in [0.15, 0.2) is 0 Å². The number of nitrogens with one attached hydrogen (secondary N) is 3. The van der Waals surface area contributed by atoms with E-state index in [0.717, 1.165) is 46.9 Å². The molecule has 0 atom stereocenters. The van der Waals surface area contributed by atoms with Crippen LogP contribution >= 0.6 is 52.1 Å². The van der Waals surface area contributed by atoms with Crippen molar-refractivity contribution in [2.75, 3.05) is 18.4 Å². The van der Waals surface area contributed by atoms with Crippen LogP contribution in [-0.2, 0) is 6.54 Å². The highest BCUT2D eigenvalue weighted by Gasteiger charge is 2.10. The Balaban J connectivity index is 0.00000169. The largest absolute Gasteiger partial charge is 0.356 e. The number of nitrogens with zero attached hydrogens (tertiary/aromatic N) is 3. The fraction of sp³-hybridized carbons (Fsp3) is 0.312. The summed E-state index contributed by atoms with van der Waals surface area (Å²) in [5.74, 6) is 3.43. The standard InChI is InChI=1S/C16H17BrN6S.2ClH/c1-3-12-14(17)10(2)13(24-12)9-18-6-4-7-19-16-21-11-5-8-20-23-15(11)22-16;;/h1,5,8,18H,4,6-7,9H2,2H3,(H2,19,21,22,23);2*1H. The maximum Gasteiger partial charge on any atom is 0.202 e. The van der Waals surface area contributed by atoms with E-state index in [4.69, 9.17) is 6.42 Å². The van der Waals surface area contributed by atoms with Gasteiger partial charge in [0.05, 0.1) is 16.6 Å². The van der Waals surface area contributed by atoms with Crippen molar-refractivity contribution in [2.45, 2.75) is 19.9 Å². The van der Waals surface area contributed by atoms with Gasteiger partial charge in [-0.25, -0.2) is 0 Å². The fourth-order valence-electron chi connectivity index (χ4n) is 2.27. The van der Waals surface area contributed by atoms with Gasteiger partial charge in [0, 0.05) is 22.4 Å². The van der Waals surface area contributed by atoms with Crippen LogP contribution in [0, 0.1) is 19.3 Å². The van der Waals surface area contributed by atoms with Gasteiger partial charge < -0.3 is 15.6 Å². The quantitative estimate of drug-likeness (QED) is 0.355. The molecular weight excluding hydrogens is 459 g/mol. The smallest absolute Gasteiger partial charge is 0.202 e. The molecule has 3 aromatic rings. The van der Waals surface area contributed by atoms with E-state index < -0.39 is 0 Å². The van der Waals surface area contributed by atoms with Gasteiger partial charge in [0.1, 0.15) is 0 Å². The molecule has 0 bridgehead atoms. The number of aromatic nitrogens is 4. The lowest BCUT2D eigenvalue weighted by atomic mass is 10.2. The minimum atomic E-state index is 0. The third kappa shape index (κ3) is 5.32. The molecule has 0 saturated heterocycles. The number of halogens is 3. The van der Waals surface area contributed by atoms with Crippen LogP contribution in [0.15, 0.2) is 16.7 Å². The van der Waals surface area contributed by atoms with E-state index in [2.05, 4.69) is 59.6 Å². The highest BCUT2D eigenvalue weighted by molar-refractivity contribution is 9.10. The summed E-state index contributed by atoms with van der Waals surface area (Å²) in [6, 6.07) is 1.86. The lowest BCUT2D eigenvalue weighted by molar-refractivity contribution is 0.666. The van der Waals surface area contributed by atoms with Crippen molar-refractivity contribution < 1.29 is 0 Å². The summed E-state index contributed by atoms with van der Waals surface area (Å²) >= 11 is 5.21. The summed E-state index contributed by atoms with van der Waals surface area (Å²) in [6.45, 7) is 4.65. The number of H-pyrrole nitrogens is 1. The zero-order valence-electron chi connectivity index (χ0n) is 14.0. The number of fused-ring (bicyclic) bond motifs is 1. The van der Waals surface area contributed by atoms with E-state index in [9.17, 15) is 0 Å². The molecule has 0 fully saturated rings. The van der Waals surface area contributed by atoms with Crippen molar-refractivity contribution in [3.8, 4) is 12.3 Å². The van der Waals surface area contributed by atoms with Gasteiger partial charge in [-0.2, -0.15) is 10.1 Å². The summed E-state index contributed by atoms with van der Waals surface area (Å²) in [5, 5.41) is 14.5. The molecular formula is C16H19BrCl2N6S. The predicted octanol–water partition coefficient (Wildman–Crippen LogP) is 3.90. The highest BCUT2D eigenvalue weighted by Crippen LogP contribution is 2.31. The topological polar surface area (TPSA) is 78.5 Å². The Labute approximate surface area is 176 Å². The Morgan fingerprint density at radius 3 is 2.85 bits per heavy atom. The van der Waals surface area contributed by atoms with E-state index >= 15 is 0 Å². The average Bonchev–Trinajstić information content (AvgIpc) is 3.13. The molecule has 0 spiro atoms. The molecule has 10 heteroatoms. The number of anilines is 1.